The summed E-state index contributed by atoms with van der Waals surface area (Å²) < 4.78 is 47.1. The Morgan fingerprint density at radius 1 is 1.09 bits per heavy atom. The first-order valence-corrected chi connectivity index (χ1v) is 11.2. The predicted octanol–water partition coefficient (Wildman–Crippen LogP) is 6.83. The summed E-state index contributed by atoms with van der Waals surface area (Å²) in [6, 6.07) is 14.9. The molecule has 0 fully saturated rings. The maximum absolute atomic E-state index is 13.4. The minimum Gasteiger partial charge on any atom is -0.488 e. The van der Waals surface area contributed by atoms with Gasteiger partial charge in [0.25, 0.3) is 0 Å². The second-order valence-corrected chi connectivity index (χ2v) is 8.57. The minimum atomic E-state index is -4.56. The first kappa shape index (κ1) is 26.2. The van der Waals surface area contributed by atoms with Gasteiger partial charge in [0.05, 0.1) is 11.3 Å². The van der Waals surface area contributed by atoms with E-state index in [2.05, 4.69) is 4.89 Å². The molecule has 1 heterocycles. The minimum absolute atomic E-state index is 0.00619. The van der Waals surface area contributed by atoms with Gasteiger partial charge in [-0.15, -0.1) is 0 Å². The van der Waals surface area contributed by atoms with E-state index < -0.39 is 17.5 Å². The molecule has 3 rings (SSSR count). The molecule has 1 aromatic heterocycles. The zero-order valence-electron chi connectivity index (χ0n) is 19.8. The number of aromatic nitrogens is 1. The van der Waals surface area contributed by atoms with Gasteiger partial charge in [0.15, 0.2) is 0 Å². The molecule has 0 saturated carbocycles. The lowest BCUT2D eigenvalue weighted by Gasteiger charge is -2.13. The summed E-state index contributed by atoms with van der Waals surface area (Å²) >= 11 is 0. The number of benzene rings is 2. The number of carbonyl (C=O) groups excluding carboxylic acids is 1. The second-order valence-electron chi connectivity index (χ2n) is 8.57. The largest absolute Gasteiger partial charge is 0.488 e. The van der Waals surface area contributed by atoms with Gasteiger partial charge in [-0.05, 0) is 42.2 Å². The van der Waals surface area contributed by atoms with Crippen molar-refractivity contribution in [1.82, 2.24) is 4.57 Å². The molecular weight excluding hydrogens is 459 g/mol. The summed E-state index contributed by atoms with van der Waals surface area (Å²) in [5, 5.41) is 8.53. The first-order valence-electron chi connectivity index (χ1n) is 11.2. The van der Waals surface area contributed by atoms with Crippen molar-refractivity contribution in [3.05, 3.63) is 94.8 Å². The van der Waals surface area contributed by atoms with E-state index in [-0.39, 0.29) is 30.9 Å². The van der Waals surface area contributed by atoms with Crippen molar-refractivity contribution < 1.29 is 32.8 Å². The smallest absolute Gasteiger partial charge is 0.417 e. The van der Waals surface area contributed by atoms with Crippen LogP contribution in [0.5, 0.6) is 5.75 Å². The van der Waals surface area contributed by atoms with Gasteiger partial charge in [-0.25, -0.2) is 4.89 Å². The second kappa shape index (κ2) is 11.4. The van der Waals surface area contributed by atoms with Crippen molar-refractivity contribution in [2.45, 2.75) is 45.5 Å². The lowest BCUT2D eigenvalue weighted by Crippen LogP contribution is -2.18. The molecule has 0 saturated heterocycles. The van der Waals surface area contributed by atoms with Crippen molar-refractivity contribution in [3.8, 4) is 5.75 Å². The van der Waals surface area contributed by atoms with Crippen LogP contribution in [0.4, 0.5) is 13.2 Å². The van der Waals surface area contributed by atoms with Crippen molar-refractivity contribution in [1.29, 1.82) is 0 Å². The molecular formula is C27H28F3NO4. The van der Waals surface area contributed by atoms with E-state index >= 15 is 0 Å². The van der Waals surface area contributed by atoms with Crippen molar-refractivity contribution in [3.63, 3.8) is 0 Å². The molecule has 8 heteroatoms. The Hall–Kier alpha value is -3.36. The highest BCUT2D eigenvalue weighted by Gasteiger charge is 2.33. The molecule has 0 aliphatic carbocycles. The topological polar surface area (TPSA) is 60.7 Å². The number of ether oxygens (including phenoxy) is 1. The Balaban J connectivity index is 1.82. The summed E-state index contributed by atoms with van der Waals surface area (Å²) in [5.41, 5.74) is 1.23. The van der Waals surface area contributed by atoms with Gasteiger partial charge < -0.3 is 9.30 Å². The van der Waals surface area contributed by atoms with Crippen molar-refractivity contribution in [2.75, 3.05) is 6.61 Å². The van der Waals surface area contributed by atoms with E-state index in [0.29, 0.717) is 11.3 Å². The molecule has 1 atom stereocenters. The SMILES string of the molecule is CC(C)c1ccc(C(=O)c2cc(C(F)(F)F)cn2C/C=C/c2cccc(O[C@@H](C)COO)c2)cc1. The van der Waals surface area contributed by atoms with Crippen LogP contribution in [-0.4, -0.2) is 28.3 Å². The molecule has 5 nitrogen and oxygen atoms in total. The van der Waals surface area contributed by atoms with E-state index in [9.17, 15) is 18.0 Å². The van der Waals surface area contributed by atoms with Crippen LogP contribution in [0.15, 0.2) is 66.9 Å². The molecule has 0 radical (unpaired) electrons. The van der Waals surface area contributed by atoms with Crippen LogP contribution in [0.3, 0.4) is 0 Å². The van der Waals surface area contributed by atoms with Gasteiger partial charge in [-0.3, -0.25) is 10.1 Å². The number of rotatable bonds is 10. The Kier molecular flexibility index (Phi) is 8.53. The number of hydrogen-bond acceptors (Lipinski definition) is 4. The number of allylic oxidation sites excluding steroid dienone is 1. The highest BCUT2D eigenvalue weighted by atomic mass is 19.4. The fourth-order valence-corrected chi connectivity index (χ4v) is 3.54. The highest BCUT2D eigenvalue weighted by molar-refractivity contribution is 6.08. The van der Waals surface area contributed by atoms with E-state index in [4.69, 9.17) is 9.99 Å². The summed E-state index contributed by atoms with van der Waals surface area (Å²) in [5.74, 6) is 0.359. The third-order valence-corrected chi connectivity index (χ3v) is 5.41. The Morgan fingerprint density at radius 3 is 2.43 bits per heavy atom. The van der Waals surface area contributed by atoms with Crippen molar-refractivity contribution in [2.24, 2.45) is 0 Å². The predicted molar refractivity (Wildman–Crippen MR) is 128 cm³/mol. The van der Waals surface area contributed by atoms with Gasteiger partial charge in [0.1, 0.15) is 18.5 Å². The molecule has 35 heavy (non-hydrogen) atoms. The average molecular weight is 488 g/mol. The standard InChI is InChI=1S/C27H28F3NO4/c1-18(2)21-9-11-22(12-10-21)26(32)25-15-23(27(28,29)30)16-31(25)13-5-7-20-6-4-8-24(14-20)35-19(3)17-34-33/h4-12,14-16,18-19,33H,13,17H2,1-3H3/b7-5+/t19-/m0/s1. The third kappa shape index (κ3) is 7.07. The van der Waals surface area contributed by atoms with E-state index in [0.717, 1.165) is 23.4 Å². The molecule has 0 spiro atoms. The lowest BCUT2D eigenvalue weighted by atomic mass is 9.99. The number of alkyl halides is 3. The Morgan fingerprint density at radius 2 is 1.80 bits per heavy atom. The van der Waals surface area contributed by atoms with Crippen LogP contribution in [0.2, 0.25) is 0 Å². The van der Waals surface area contributed by atoms with Crippen LogP contribution >= 0.6 is 0 Å². The van der Waals surface area contributed by atoms with Crippen LogP contribution in [0, 0.1) is 0 Å². The molecule has 0 amide bonds. The number of carbonyl (C=O) groups is 1. The van der Waals surface area contributed by atoms with E-state index in [1.165, 1.54) is 4.57 Å². The summed E-state index contributed by atoms with van der Waals surface area (Å²) in [7, 11) is 0. The first-order chi connectivity index (χ1) is 16.6. The van der Waals surface area contributed by atoms with Crippen LogP contribution in [-0.2, 0) is 17.6 Å². The number of ketones is 1. The Bertz CT molecular complexity index is 1160. The summed E-state index contributed by atoms with van der Waals surface area (Å²) in [6.07, 6.45) is -0.567. The van der Waals surface area contributed by atoms with Crippen molar-refractivity contribution >= 4 is 11.9 Å². The lowest BCUT2D eigenvalue weighted by molar-refractivity contribution is -0.253. The average Bonchev–Trinajstić information content (AvgIpc) is 3.24. The molecule has 0 aliphatic heterocycles. The highest BCUT2D eigenvalue weighted by Crippen LogP contribution is 2.31. The molecule has 3 aromatic rings. The van der Waals surface area contributed by atoms with E-state index in [1.807, 2.05) is 32.0 Å². The fourth-order valence-electron chi connectivity index (χ4n) is 3.54. The van der Waals surface area contributed by atoms with Gasteiger partial charge in [0, 0.05) is 18.3 Å². The monoisotopic (exact) mass is 487 g/mol. The zero-order chi connectivity index (χ0) is 25.6. The van der Waals surface area contributed by atoms with Gasteiger partial charge >= 0.3 is 6.18 Å². The van der Waals surface area contributed by atoms with Crippen LogP contribution in [0.1, 0.15) is 59.4 Å². The third-order valence-electron chi connectivity index (χ3n) is 5.41. The number of halogens is 3. The Labute approximate surface area is 202 Å². The molecule has 186 valence electrons. The number of nitrogens with zero attached hydrogens (tertiary/aromatic N) is 1. The number of hydrogen-bond donors (Lipinski definition) is 1. The molecule has 0 aliphatic rings. The molecule has 0 bridgehead atoms. The van der Waals surface area contributed by atoms with Gasteiger partial charge in [-0.1, -0.05) is 62.4 Å². The van der Waals surface area contributed by atoms with Crippen LogP contribution in [0.25, 0.3) is 6.08 Å². The van der Waals surface area contributed by atoms with E-state index in [1.54, 1.807) is 49.4 Å². The fraction of sp³-hybridized carbons (Fsp3) is 0.296. The van der Waals surface area contributed by atoms with Gasteiger partial charge in [-0.2, -0.15) is 13.2 Å². The van der Waals surface area contributed by atoms with Gasteiger partial charge in [0.2, 0.25) is 5.78 Å². The van der Waals surface area contributed by atoms with Crippen LogP contribution < -0.4 is 4.74 Å². The summed E-state index contributed by atoms with van der Waals surface area (Å²) in [6.45, 7) is 5.86. The molecule has 2 aromatic carbocycles. The zero-order valence-corrected chi connectivity index (χ0v) is 19.8. The molecule has 0 unspecified atom stereocenters. The normalized spacial score (nSPS) is 12.9. The molecule has 1 N–H and O–H groups in total. The quantitative estimate of drug-likeness (QED) is 0.193. The maximum Gasteiger partial charge on any atom is 0.417 e. The maximum atomic E-state index is 13.4. The summed E-state index contributed by atoms with van der Waals surface area (Å²) in [4.78, 5) is 17.1.